The second-order valence-electron chi connectivity index (χ2n) is 4.62. The van der Waals surface area contributed by atoms with Gasteiger partial charge < -0.3 is 19.2 Å². The van der Waals surface area contributed by atoms with Crippen molar-refractivity contribution >= 4 is 5.91 Å². The lowest BCUT2D eigenvalue weighted by Gasteiger charge is -2.00. The predicted octanol–water partition coefficient (Wildman–Crippen LogP) is 1.53. The average Bonchev–Trinajstić information content (AvgIpc) is 3.13. The Morgan fingerprint density at radius 3 is 3.00 bits per heavy atom. The molecule has 0 spiro atoms. The van der Waals surface area contributed by atoms with E-state index in [0.717, 1.165) is 17.7 Å². The second kappa shape index (κ2) is 5.82. The lowest BCUT2D eigenvalue weighted by Crippen LogP contribution is -2.24. The fourth-order valence-electron chi connectivity index (χ4n) is 1.96. The maximum atomic E-state index is 11.7. The van der Waals surface area contributed by atoms with Crippen LogP contribution in [0, 0.1) is 0 Å². The van der Waals surface area contributed by atoms with Gasteiger partial charge in [-0.2, -0.15) is 0 Å². The minimum Gasteiger partial charge on any atom is -0.454 e. The highest BCUT2D eigenvalue weighted by Gasteiger charge is 2.17. The first-order chi connectivity index (χ1) is 10.3. The topological polar surface area (TPSA) is 86.5 Å². The van der Waals surface area contributed by atoms with Crippen LogP contribution in [0.5, 0.6) is 11.5 Å². The lowest BCUT2D eigenvalue weighted by atomic mass is 10.1. The van der Waals surface area contributed by atoms with Gasteiger partial charge in [-0.15, -0.1) is 10.2 Å². The molecule has 1 N–H and O–H groups in total. The number of benzene rings is 1. The summed E-state index contributed by atoms with van der Waals surface area (Å²) in [6.45, 7) is 2.79. The molecule has 1 aromatic heterocycles. The Kier molecular flexibility index (Phi) is 3.72. The van der Waals surface area contributed by atoms with Crippen molar-refractivity contribution in [2.24, 2.45) is 0 Å². The van der Waals surface area contributed by atoms with E-state index in [0.29, 0.717) is 24.6 Å². The number of aromatic nitrogens is 2. The number of ether oxygens (including phenoxy) is 2. The van der Waals surface area contributed by atoms with Gasteiger partial charge in [0.05, 0.1) is 6.42 Å². The molecule has 0 saturated heterocycles. The van der Waals surface area contributed by atoms with Crippen LogP contribution in [0.3, 0.4) is 0 Å². The molecule has 2 aromatic rings. The molecule has 7 nitrogen and oxygen atoms in total. The van der Waals surface area contributed by atoms with Crippen LogP contribution in [-0.2, 0) is 6.42 Å². The first-order valence-electron chi connectivity index (χ1n) is 6.75. The Balaban J connectivity index is 1.68. The number of nitrogens with one attached hydrogen (secondary N) is 1. The number of rotatable bonds is 5. The quantitative estimate of drug-likeness (QED) is 0.898. The van der Waals surface area contributed by atoms with Crippen LogP contribution in [0.25, 0.3) is 0 Å². The molecular formula is C14H15N3O4. The first kappa shape index (κ1) is 13.4. The summed E-state index contributed by atoms with van der Waals surface area (Å²) >= 11 is 0. The van der Waals surface area contributed by atoms with Crippen molar-refractivity contribution in [2.45, 2.75) is 19.8 Å². The standard InChI is InChI=1S/C14H15N3O4/c1-2-5-15-13(18)14-17-16-12(21-14)7-9-3-4-10-11(6-9)20-8-19-10/h3-4,6H,2,5,7-8H2,1H3,(H,15,18). The molecule has 3 rings (SSSR count). The van der Waals surface area contributed by atoms with Crippen LogP contribution in [0.2, 0.25) is 0 Å². The zero-order chi connectivity index (χ0) is 14.7. The molecule has 0 bridgehead atoms. The van der Waals surface area contributed by atoms with Crippen LogP contribution in [0.4, 0.5) is 0 Å². The van der Waals surface area contributed by atoms with Gasteiger partial charge in [0.15, 0.2) is 11.5 Å². The van der Waals surface area contributed by atoms with E-state index in [4.69, 9.17) is 13.9 Å². The summed E-state index contributed by atoms with van der Waals surface area (Å²) in [7, 11) is 0. The molecule has 0 atom stereocenters. The molecule has 21 heavy (non-hydrogen) atoms. The molecule has 110 valence electrons. The molecule has 0 saturated carbocycles. The Labute approximate surface area is 121 Å². The monoisotopic (exact) mass is 289 g/mol. The van der Waals surface area contributed by atoms with Crippen molar-refractivity contribution in [3.8, 4) is 11.5 Å². The van der Waals surface area contributed by atoms with Gasteiger partial charge in [-0.3, -0.25) is 4.79 Å². The van der Waals surface area contributed by atoms with Gasteiger partial charge in [0.2, 0.25) is 12.7 Å². The lowest BCUT2D eigenvalue weighted by molar-refractivity contribution is 0.0917. The van der Waals surface area contributed by atoms with Crippen LogP contribution >= 0.6 is 0 Å². The number of carbonyl (C=O) groups excluding carboxylic acids is 1. The van der Waals surface area contributed by atoms with Gasteiger partial charge in [-0.05, 0) is 24.1 Å². The van der Waals surface area contributed by atoms with Gasteiger partial charge in [0.25, 0.3) is 0 Å². The minimum atomic E-state index is -0.346. The number of hydrogen-bond donors (Lipinski definition) is 1. The van der Waals surface area contributed by atoms with E-state index in [9.17, 15) is 4.79 Å². The maximum Gasteiger partial charge on any atom is 0.308 e. The number of carbonyl (C=O) groups is 1. The average molecular weight is 289 g/mol. The molecule has 2 heterocycles. The van der Waals surface area contributed by atoms with Crippen molar-refractivity contribution in [2.75, 3.05) is 13.3 Å². The van der Waals surface area contributed by atoms with Crippen LogP contribution in [-0.4, -0.2) is 29.4 Å². The van der Waals surface area contributed by atoms with Gasteiger partial charge in [-0.1, -0.05) is 13.0 Å². The number of hydrogen-bond acceptors (Lipinski definition) is 6. The van der Waals surface area contributed by atoms with Gasteiger partial charge in [0, 0.05) is 6.54 Å². The van der Waals surface area contributed by atoms with E-state index >= 15 is 0 Å². The Morgan fingerprint density at radius 1 is 1.29 bits per heavy atom. The summed E-state index contributed by atoms with van der Waals surface area (Å²) < 4.78 is 15.9. The van der Waals surface area contributed by atoms with Crippen molar-refractivity contribution in [1.29, 1.82) is 0 Å². The minimum absolute atomic E-state index is 0.0146. The van der Waals surface area contributed by atoms with Crippen molar-refractivity contribution in [1.82, 2.24) is 15.5 Å². The highest BCUT2D eigenvalue weighted by atomic mass is 16.7. The normalized spacial score (nSPS) is 12.4. The Morgan fingerprint density at radius 2 is 2.14 bits per heavy atom. The number of nitrogens with zero attached hydrogens (tertiary/aromatic N) is 2. The number of amides is 1. The summed E-state index contributed by atoms with van der Waals surface area (Å²) in [5.74, 6) is 1.45. The van der Waals surface area contributed by atoms with Crippen molar-refractivity contribution in [3.63, 3.8) is 0 Å². The maximum absolute atomic E-state index is 11.7. The van der Waals surface area contributed by atoms with Crippen molar-refractivity contribution < 1.29 is 18.7 Å². The van der Waals surface area contributed by atoms with Gasteiger partial charge in [-0.25, -0.2) is 0 Å². The number of fused-ring (bicyclic) bond motifs is 1. The van der Waals surface area contributed by atoms with Crippen molar-refractivity contribution in [3.05, 3.63) is 35.5 Å². The third-order valence-electron chi connectivity index (χ3n) is 2.99. The smallest absolute Gasteiger partial charge is 0.308 e. The largest absolute Gasteiger partial charge is 0.454 e. The van der Waals surface area contributed by atoms with E-state index in [2.05, 4.69) is 15.5 Å². The Bertz CT molecular complexity index is 653. The molecule has 1 aliphatic rings. The molecule has 0 unspecified atom stereocenters. The summed E-state index contributed by atoms with van der Waals surface area (Å²) in [4.78, 5) is 11.7. The second-order valence-corrected chi connectivity index (χ2v) is 4.62. The molecule has 0 aliphatic carbocycles. The van der Waals surface area contributed by atoms with Gasteiger partial charge in [0.1, 0.15) is 0 Å². The first-order valence-corrected chi connectivity index (χ1v) is 6.75. The van der Waals surface area contributed by atoms with Gasteiger partial charge >= 0.3 is 11.8 Å². The molecule has 0 fully saturated rings. The Hall–Kier alpha value is -2.57. The predicted molar refractivity (Wildman–Crippen MR) is 72.3 cm³/mol. The molecule has 0 radical (unpaired) electrons. The van der Waals surface area contributed by atoms with Crippen LogP contribution in [0.1, 0.15) is 35.5 Å². The molecule has 1 aliphatic heterocycles. The third-order valence-corrected chi connectivity index (χ3v) is 2.99. The third kappa shape index (κ3) is 2.96. The fraction of sp³-hybridized carbons (Fsp3) is 0.357. The summed E-state index contributed by atoms with van der Waals surface area (Å²) in [5, 5.41) is 10.3. The van der Waals surface area contributed by atoms with E-state index in [1.54, 1.807) is 0 Å². The van der Waals surface area contributed by atoms with Crippen LogP contribution < -0.4 is 14.8 Å². The highest BCUT2D eigenvalue weighted by molar-refractivity contribution is 5.89. The highest BCUT2D eigenvalue weighted by Crippen LogP contribution is 2.32. The molecule has 7 heteroatoms. The summed E-state index contributed by atoms with van der Waals surface area (Å²) in [6.07, 6.45) is 1.29. The van der Waals surface area contributed by atoms with Crippen LogP contribution in [0.15, 0.2) is 22.6 Å². The zero-order valence-corrected chi connectivity index (χ0v) is 11.6. The molecule has 1 amide bonds. The molecule has 1 aromatic carbocycles. The molecular weight excluding hydrogens is 274 g/mol. The zero-order valence-electron chi connectivity index (χ0n) is 11.6. The fourth-order valence-corrected chi connectivity index (χ4v) is 1.96. The van der Waals surface area contributed by atoms with E-state index in [-0.39, 0.29) is 18.6 Å². The van der Waals surface area contributed by atoms with E-state index in [1.807, 2.05) is 25.1 Å². The SMILES string of the molecule is CCCNC(=O)c1nnc(Cc2ccc3c(c2)OCO3)o1. The van der Waals surface area contributed by atoms with E-state index in [1.165, 1.54) is 0 Å². The summed E-state index contributed by atoms with van der Waals surface area (Å²) in [6, 6.07) is 5.60. The van der Waals surface area contributed by atoms with E-state index < -0.39 is 0 Å². The summed E-state index contributed by atoms with van der Waals surface area (Å²) in [5.41, 5.74) is 0.948.